The molecular weight excluding hydrogens is 258 g/mol. The Labute approximate surface area is 118 Å². The maximum Gasteiger partial charge on any atom is 0.338 e. The molecule has 104 valence electrons. The highest BCUT2D eigenvalue weighted by molar-refractivity contribution is 7.99. The van der Waals surface area contributed by atoms with Crippen LogP contribution in [0.2, 0.25) is 0 Å². The molecule has 1 fully saturated rings. The van der Waals surface area contributed by atoms with Gasteiger partial charge in [-0.25, -0.2) is 4.79 Å². The van der Waals surface area contributed by atoms with Crippen molar-refractivity contribution in [1.29, 1.82) is 0 Å². The molecule has 1 unspecified atom stereocenters. The zero-order chi connectivity index (χ0) is 13.8. The minimum absolute atomic E-state index is 0.414. The average molecular weight is 279 g/mol. The first-order valence-corrected chi connectivity index (χ1v) is 7.85. The van der Waals surface area contributed by atoms with Gasteiger partial charge in [0, 0.05) is 17.1 Å². The number of benzene rings is 1. The SMILES string of the molecule is CCSc1cccc(NCC(C)C2CC2)c1C(=O)O. The Morgan fingerprint density at radius 3 is 2.84 bits per heavy atom. The normalized spacial score (nSPS) is 16.1. The number of thioether (sulfide) groups is 1. The molecule has 3 nitrogen and oxygen atoms in total. The van der Waals surface area contributed by atoms with E-state index in [2.05, 4.69) is 12.2 Å². The molecule has 4 heteroatoms. The quantitative estimate of drug-likeness (QED) is 0.742. The number of anilines is 1. The highest BCUT2D eigenvalue weighted by Gasteiger charge is 2.27. The highest BCUT2D eigenvalue weighted by atomic mass is 32.2. The van der Waals surface area contributed by atoms with Gasteiger partial charge >= 0.3 is 5.97 Å². The molecule has 1 aliphatic rings. The fraction of sp³-hybridized carbons (Fsp3) is 0.533. The summed E-state index contributed by atoms with van der Waals surface area (Å²) in [6.45, 7) is 5.12. The van der Waals surface area contributed by atoms with Gasteiger partial charge < -0.3 is 10.4 Å². The molecule has 0 amide bonds. The van der Waals surface area contributed by atoms with E-state index in [4.69, 9.17) is 0 Å². The summed E-state index contributed by atoms with van der Waals surface area (Å²) in [6, 6.07) is 5.67. The lowest BCUT2D eigenvalue weighted by Gasteiger charge is -2.16. The van der Waals surface area contributed by atoms with Gasteiger partial charge in [0.1, 0.15) is 0 Å². The summed E-state index contributed by atoms with van der Waals surface area (Å²) in [5, 5.41) is 12.7. The van der Waals surface area contributed by atoms with E-state index < -0.39 is 5.97 Å². The first-order chi connectivity index (χ1) is 9.13. The lowest BCUT2D eigenvalue weighted by Crippen LogP contribution is -2.15. The molecule has 0 spiro atoms. The van der Waals surface area contributed by atoms with Gasteiger partial charge in [0.25, 0.3) is 0 Å². The minimum Gasteiger partial charge on any atom is -0.478 e. The largest absolute Gasteiger partial charge is 0.478 e. The Morgan fingerprint density at radius 2 is 2.26 bits per heavy atom. The molecule has 0 heterocycles. The summed E-state index contributed by atoms with van der Waals surface area (Å²) in [7, 11) is 0. The van der Waals surface area contributed by atoms with Gasteiger partial charge in [-0.1, -0.05) is 19.9 Å². The van der Waals surface area contributed by atoms with Crippen molar-refractivity contribution < 1.29 is 9.90 Å². The monoisotopic (exact) mass is 279 g/mol. The van der Waals surface area contributed by atoms with Crippen LogP contribution in [-0.4, -0.2) is 23.4 Å². The molecule has 0 aliphatic heterocycles. The van der Waals surface area contributed by atoms with E-state index >= 15 is 0 Å². The third-order valence-electron chi connectivity index (χ3n) is 3.58. The highest BCUT2D eigenvalue weighted by Crippen LogP contribution is 2.37. The molecule has 2 N–H and O–H groups in total. The lowest BCUT2D eigenvalue weighted by atomic mass is 10.1. The van der Waals surface area contributed by atoms with E-state index in [1.807, 2.05) is 25.1 Å². The third kappa shape index (κ3) is 3.66. The summed E-state index contributed by atoms with van der Waals surface area (Å²) < 4.78 is 0. The summed E-state index contributed by atoms with van der Waals surface area (Å²) in [5.41, 5.74) is 1.16. The van der Waals surface area contributed by atoms with Crippen molar-refractivity contribution in [2.75, 3.05) is 17.6 Å². The lowest BCUT2D eigenvalue weighted by molar-refractivity contribution is 0.0694. The summed E-state index contributed by atoms with van der Waals surface area (Å²) in [6.07, 6.45) is 2.64. The maximum atomic E-state index is 11.5. The van der Waals surface area contributed by atoms with Gasteiger partial charge in [-0.2, -0.15) is 0 Å². The average Bonchev–Trinajstić information content (AvgIpc) is 3.20. The van der Waals surface area contributed by atoms with E-state index in [-0.39, 0.29) is 0 Å². The number of carboxylic acid groups (broad SMARTS) is 1. The van der Waals surface area contributed by atoms with Crippen molar-refractivity contribution in [3.05, 3.63) is 23.8 Å². The van der Waals surface area contributed by atoms with Crippen molar-refractivity contribution in [3.8, 4) is 0 Å². The second-order valence-corrected chi connectivity index (χ2v) is 6.42. The van der Waals surface area contributed by atoms with Crippen molar-refractivity contribution in [2.45, 2.75) is 31.6 Å². The molecule has 1 aromatic carbocycles. The van der Waals surface area contributed by atoms with Crippen LogP contribution in [0.5, 0.6) is 0 Å². The van der Waals surface area contributed by atoms with Crippen LogP contribution in [-0.2, 0) is 0 Å². The molecule has 0 radical (unpaired) electrons. The number of carbonyl (C=O) groups is 1. The van der Waals surface area contributed by atoms with E-state index in [0.29, 0.717) is 11.5 Å². The van der Waals surface area contributed by atoms with Crippen LogP contribution in [0.1, 0.15) is 37.0 Å². The van der Waals surface area contributed by atoms with Crippen LogP contribution in [0.15, 0.2) is 23.1 Å². The van der Waals surface area contributed by atoms with Crippen LogP contribution < -0.4 is 5.32 Å². The Bertz CT molecular complexity index is 457. The van der Waals surface area contributed by atoms with Gasteiger partial charge in [0.15, 0.2) is 0 Å². The second kappa shape index (κ2) is 6.33. The fourth-order valence-electron chi connectivity index (χ4n) is 2.28. The van der Waals surface area contributed by atoms with Crippen molar-refractivity contribution in [2.24, 2.45) is 11.8 Å². The third-order valence-corrected chi connectivity index (χ3v) is 4.52. The van der Waals surface area contributed by atoms with E-state index in [0.717, 1.165) is 28.8 Å². The Kier molecular flexibility index (Phi) is 4.75. The second-order valence-electron chi connectivity index (χ2n) is 5.11. The van der Waals surface area contributed by atoms with Gasteiger partial charge in [0.2, 0.25) is 0 Å². The number of aromatic carboxylic acids is 1. The molecular formula is C15H21NO2S. The molecule has 0 bridgehead atoms. The van der Waals surface area contributed by atoms with Gasteiger partial charge in [-0.3, -0.25) is 0 Å². The Hall–Kier alpha value is -1.16. The van der Waals surface area contributed by atoms with Crippen LogP contribution in [0, 0.1) is 11.8 Å². The number of nitrogens with one attached hydrogen (secondary N) is 1. The predicted octanol–water partition coefficient (Wildman–Crippen LogP) is 3.95. The number of hydrogen-bond donors (Lipinski definition) is 2. The van der Waals surface area contributed by atoms with Gasteiger partial charge in [-0.05, 0) is 42.6 Å². The molecule has 2 rings (SSSR count). The van der Waals surface area contributed by atoms with Crippen molar-refractivity contribution >= 4 is 23.4 Å². The van der Waals surface area contributed by atoms with E-state index in [1.54, 1.807) is 11.8 Å². The minimum atomic E-state index is -0.849. The van der Waals surface area contributed by atoms with Gasteiger partial charge in [0.05, 0.1) is 5.56 Å². The first kappa shape index (κ1) is 14.3. The Balaban J connectivity index is 2.13. The molecule has 19 heavy (non-hydrogen) atoms. The van der Waals surface area contributed by atoms with Crippen molar-refractivity contribution in [1.82, 2.24) is 0 Å². The molecule has 0 saturated heterocycles. The zero-order valence-electron chi connectivity index (χ0n) is 11.5. The van der Waals surface area contributed by atoms with E-state index in [1.165, 1.54) is 12.8 Å². The standard InChI is InChI=1S/C15H21NO2S/c1-3-19-13-6-4-5-12(14(13)15(17)18)16-9-10(2)11-7-8-11/h4-6,10-11,16H,3,7-9H2,1-2H3,(H,17,18). The van der Waals surface area contributed by atoms with Crippen LogP contribution in [0.3, 0.4) is 0 Å². The molecule has 0 aromatic heterocycles. The number of hydrogen-bond acceptors (Lipinski definition) is 3. The van der Waals surface area contributed by atoms with Gasteiger partial charge in [-0.15, -0.1) is 11.8 Å². The smallest absolute Gasteiger partial charge is 0.338 e. The van der Waals surface area contributed by atoms with Crippen LogP contribution in [0.4, 0.5) is 5.69 Å². The Morgan fingerprint density at radius 1 is 1.53 bits per heavy atom. The molecule has 1 saturated carbocycles. The summed E-state index contributed by atoms with van der Waals surface area (Å²) >= 11 is 1.58. The maximum absolute atomic E-state index is 11.5. The predicted molar refractivity (Wildman–Crippen MR) is 80.2 cm³/mol. The molecule has 1 aliphatic carbocycles. The van der Waals surface area contributed by atoms with Crippen LogP contribution in [0.25, 0.3) is 0 Å². The van der Waals surface area contributed by atoms with Crippen LogP contribution >= 0.6 is 11.8 Å². The number of carboxylic acids is 1. The van der Waals surface area contributed by atoms with E-state index in [9.17, 15) is 9.90 Å². The summed E-state index contributed by atoms with van der Waals surface area (Å²) in [5.74, 6) is 1.47. The molecule has 1 atom stereocenters. The summed E-state index contributed by atoms with van der Waals surface area (Å²) in [4.78, 5) is 12.3. The molecule has 1 aromatic rings. The fourth-order valence-corrected chi connectivity index (χ4v) is 3.11. The number of rotatable bonds is 7. The van der Waals surface area contributed by atoms with Crippen molar-refractivity contribution in [3.63, 3.8) is 0 Å². The zero-order valence-corrected chi connectivity index (χ0v) is 12.3. The topological polar surface area (TPSA) is 49.3 Å². The first-order valence-electron chi connectivity index (χ1n) is 6.86.